The zero-order valence-corrected chi connectivity index (χ0v) is 21.1. The molecule has 0 aliphatic heterocycles. The first-order chi connectivity index (χ1) is 16.8. The summed E-state index contributed by atoms with van der Waals surface area (Å²) < 4.78 is 53.0. The SMILES string of the molecule is CC(C)C[C@@H](CNC(=O)OC(C)(C)C)COc1ccc(-c2ccnc3ccncc23)cc1C(F)(F)F. The third-order valence-corrected chi connectivity index (χ3v) is 5.35. The van der Waals surface area contributed by atoms with Gasteiger partial charge in [-0.15, -0.1) is 0 Å². The zero-order valence-electron chi connectivity index (χ0n) is 21.1. The molecule has 0 fully saturated rings. The molecule has 0 spiro atoms. The van der Waals surface area contributed by atoms with Gasteiger partial charge in [-0.3, -0.25) is 9.97 Å². The summed E-state index contributed by atoms with van der Waals surface area (Å²) in [5, 5.41) is 3.36. The van der Waals surface area contributed by atoms with Crippen molar-refractivity contribution in [3.05, 3.63) is 54.5 Å². The molecule has 0 bridgehead atoms. The molecule has 0 saturated heterocycles. The van der Waals surface area contributed by atoms with E-state index in [-0.39, 0.29) is 30.7 Å². The fourth-order valence-electron chi connectivity index (χ4n) is 3.91. The number of nitrogens with zero attached hydrogens (tertiary/aromatic N) is 2. The quantitative estimate of drug-likeness (QED) is 0.363. The standard InChI is InChI=1S/C27H32F3N3O3/c1-17(2)12-18(14-33-25(34)36-26(3,4)5)16-35-24-7-6-19(13-22(24)27(28,29)30)20-8-11-32-23-9-10-31-15-21(20)23/h6-11,13,15,17-18H,12,14,16H2,1-5H3,(H,33,34)/t18-/m0/s1. The molecule has 1 aromatic carbocycles. The lowest BCUT2D eigenvalue weighted by atomic mass is 9.97. The highest BCUT2D eigenvalue weighted by Gasteiger charge is 2.35. The van der Waals surface area contributed by atoms with E-state index in [9.17, 15) is 18.0 Å². The minimum Gasteiger partial charge on any atom is -0.493 e. The monoisotopic (exact) mass is 503 g/mol. The molecule has 0 radical (unpaired) electrons. The molecule has 0 aliphatic carbocycles. The Bertz CT molecular complexity index is 1180. The number of pyridine rings is 2. The number of rotatable bonds is 8. The van der Waals surface area contributed by atoms with E-state index in [4.69, 9.17) is 9.47 Å². The maximum absolute atomic E-state index is 14.0. The first-order valence-corrected chi connectivity index (χ1v) is 11.8. The van der Waals surface area contributed by atoms with E-state index < -0.39 is 23.4 Å². The van der Waals surface area contributed by atoms with Gasteiger partial charge in [-0.1, -0.05) is 19.9 Å². The number of amides is 1. The second-order valence-electron chi connectivity index (χ2n) is 10.1. The van der Waals surface area contributed by atoms with Crippen molar-refractivity contribution in [2.24, 2.45) is 11.8 Å². The Labute approximate surface area is 209 Å². The van der Waals surface area contributed by atoms with Crippen LogP contribution in [0.15, 0.2) is 48.9 Å². The van der Waals surface area contributed by atoms with Crippen molar-refractivity contribution in [3.8, 4) is 16.9 Å². The molecule has 9 heteroatoms. The van der Waals surface area contributed by atoms with Crippen molar-refractivity contribution >= 4 is 17.0 Å². The summed E-state index contributed by atoms with van der Waals surface area (Å²) in [7, 11) is 0. The lowest BCUT2D eigenvalue weighted by molar-refractivity contribution is -0.139. The fraction of sp³-hybridized carbons (Fsp3) is 0.444. The highest BCUT2D eigenvalue weighted by molar-refractivity contribution is 5.93. The number of nitrogens with one attached hydrogen (secondary N) is 1. The Kier molecular flexibility index (Phi) is 8.43. The van der Waals surface area contributed by atoms with E-state index in [1.165, 1.54) is 6.07 Å². The van der Waals surface area contributed by atoms with E-state index in [0.29, 0.717) is 28.5 Å². The highest BCUT2D eigenvalue weighted by atomic mass is 19.4. The number of alkyl carbamates (subject to hydrolysis) is 1. The van der Waals surface area contributed by atoms with Crippen LogP contribution in [-0.2, 0) is 10.9 Å². The van der Waals surface area contributed by atoms with Crippen molar-refractivity contribution in [1.82, 2.24) is 15.3 Å². The third kappa shape index (κ3) is 7.57. The number of benzene rings is 1. The Hall–Kier alpha value is -3.36. The maximum atomic E-state index is 14.0. The molecular weight excluding hydrogens is 471 g/mol. The normalized spacial score (nSPS) is 13.0. The van der Waals surface area contributed by atoms with Crippen LogP contribution in [0.2, 0.25) is 0 Å². The molecule has 3 aromatic rings. The number of alkyl halides is 3. The van der Waals surface area contributed by atoms with Crippen LogP contribution in [0.4, 0.5) is 18.0 Å². The molecule has 0 unspecified atom stereocenters. The van der Waals surface area contributed by atoms with Gasteiger partial charge in [0.15, 0.2) is 0 Å². The van der Waals surface area contributed by atoms with Crippen LogP contribution in [-0.4, -0.2) is 34.8 Å². The molecule has 194 valence electrons. The van der Waals surface area contributed by atoms with Gasteiger partial charge in [0.2, 0.25) is 0 Å². The summed E-state index contributed by atoms with van der Waals surface area (Å²) in [5.41, 5.74) is 0.126. The summed E-state index contributed by atoms with van der Waals surface area (Å²) in [6.07, 6.45) is 0.200. The molecule has 2 aromatic heterocycles. The van der Waals surface area contributed by atoms with E-state index in [2.05, 4.69) is 15.3 Å². The Morgan fingerprint density at radius 1 is 1.08 bits per heavy atom. The minimum absolute atomic E-state index is 0.0124. The van der Waals surface area contributed by atoms with Gasteiger partial charge in [0.25, 0.3) is 0 Å². The van der Waals surface area contributed by atoms with Crippen molar-refractivity contribution < 1.29 is 27.4 Å². The van der Waals surface area contributed by atoms with Crippen molar-refractivity contribution in [3.63, 3.8) is 0 Å². The summed E-state index contributed by atoms with van der Waals surface area (Å²) in [4.78, 5) is 20.4. The van der Waals surface area contributed by atoms with Crippen molar-refractivity contribution in [2.75, 3.05) is 13.2 Å². The smallest absolute Gasteiger partial charge is 0.419 e. The Morgan fingerprint density at radius 3 is 2.50 bits per heavy atom. The third-order valence-electron chi connectivity index (χ3n) is 5.35. The summed E-state index contributed by atoms with van der Waals surface area (Å²) >= 11 is 0. The van der Waals surface area contributed by atoms with Gasteiger partial charge in [0.1, 0.15) is 11.4 Å². The average molecular weight is 504 g/mol. The van der Waals surface area contributed by atoms with E-state index in [1.807, 2.05) is 13.8 Å². The predicted molar refractivity (Wildman–Crippen MR) is 133 cm³/mol. The zero-order chi connectivity index (χ0) is 26.5. The molecule has 1 atom stereocenters. The van der Waals surface area contributed by atoms with Gasteiger partial charge < -0.3 is 14.8 Å². The largest absolute Gasteiger partial charge is 0.493 e. The van der Waals surface area contributed by atoms with Gasteiger partial charge in [0, 0.05) is 36.4 Å². The second-order valence-corrected chi connectivity index (χ2v) is 10.1. The Morgan fingerprint density at radius 2 is 1.83 bits per heavy atom. The van der Waals surface area contributed by atoms with E-state index >= 15 is 0 Å². The van der Waals surface area contributed by atoms with Gasteiger partial charge >= 0.3 is 12.3 Å². The molecule has 3 rings (SSSR count). The van der Waals surface area contributed by atoms with Gasteiger partial charge in [-0.05, 0) is 68.5 Å². The fourth-order valence-corrected chi connectivity index (χ4v) is 3.91. The van der Waals surface area contributed by atoms with Crippen LogP contribution >= 0.6 is 0 Å². The van der Waals surface area contributed by atoms with E-state index in [1.54, 1.807) is 57.6 Å². The highest BCUT2D eigenvalue weighted by Crippen LogP contribution is 2.40. The minimum atomic E-state index is -4.62. The average Bonchev–Trinajstić information content (AvgIpc) is 2.78. The van der Waals surface area contributed by atoms with Crippen LogP contribution in [0.5, 0.6) is 5.75 Å². The van der Waals surface area contributed by atoms with Crippen LogP contribution in [0.3, 0.4) is 0 Å². The first-order valence-electron chi connectivity index (χ1n) is 11.8. The molecular formula is C27H32F3N3O3. The topological polar surface area (TPSA) is 73.3 Å². The van der Waals surface area contributed by atoms with E-state index in [0.717, 1.165) is 6.07 Å². The number of halogens is 3. The number of hydrogen-bond acceptors (Lipinski definition) is 5. The number of carbonyl (C=O) groups is 1. The number of aromatic nitrogens is 2. The maximum Gasteiger partial charge on any atom is 0.419 e. The molecule has 1 amide bonds. The Balaban J connectivity index is 1.82. The van der Waals surface area contributed by atoms with Gasteiger partial charge in [-0.25, -0.2) is 4.79 Å². The number of hydrogen-bond donors (Lipinski definition) is 1. The molecule has 0 aliphatic rings. The van der Waals surface area contributed by atoms with Crippen LogP contribution in [0.1, 0.15) is 46.6 Å². The van der Waals surface area contributed by atoms with Crippen LogP contribution in [0, 0.1) is 11.8 Å². The molecule has 1 N–H and O–H groups in total. The predicted octanol–water partition coefficient (Wildman–Crippen LogP) is 6.88. The number of ether oxygens (including phenoxy) is 2. The summed E-state index contributed by atoms with van der Waals surface area (Å²) in [5.74, 6) is -0.195. The van der Waals surface area contributed by atoms with Gasteiger partial charge in [-0.2, -0.15) is 13.2 Å². The van der Waals surface area contributed by atoms with Crippen LogP contribution < -0.4 is 10.1 Å². The van der Waals surface area contributed by atoms with Crippen molar-refractivity contribution in [2.45, 2.75) is 52.8 Å². The number of fused-ring (bicyclic) bond motifs is 1. The number of carbonyl (C=O) groups excluding carboxylic acids is 1. The lowest BCUT2D eigenvalue weighted by Crippen LogP contribution is -2.37. The second kappa shape index (κ2) is 11.1. The van der Waals surface area contributed by atoms with Crippen molar-refractivity contribution in [1.29, 1.82) is 0 Å². The molecule has 36 heavy (non-hydrogen) atoms. The summed E-state index contributed by atoms with van der Waals surface area (Å²) in [6.45, 7) is 9.52. The van der Waals surface area contributed by atoms with Gasteiger partial charge in [0.05, 0.1) is 17.7 Å². The first kappa shape index (κ1) is 27.2. The molecule has 0 saturated carbocycles. The molecule has 2 heterocycles. The van der Waals surface area contributed by atoms with Crippen LogP contribution in [0.25, 0.3) is 22.0 Å². The lowest BCUT2D eigenvalue weighted by Gasteiger charge is -2.24. The molecule has 6 nitrogen and oxygen atoms in total. The summed E-state index contributed by atoms with van der Waals surface area (Å²) in [6, 6.07) is 7.41.